The summed E-state index contributed by atoms with van der Waals surface area (Å²) in [5, 5.41) is 6.14. The second-order valence-electron chi connectivity index (χ2n) is 5.68. The standard InChI is InChI=1S/C18H20FN3O2/c19-15-4-1-13(2-5-15)17-6-3-14(11-22-17)18(23)21-8-7-16-12-20-9-10-24-16/h1-6,11,16,20H,7-10,12H2,(H,21,23). The van der Waals surface area contributed by atoms with Crippen molar-refractivity contribution in [1.82, 2.24) is 15.6 Å². The van der Waals surface area contributed by atoms with Crippen molar-refractivity contribution < 1.29 is 13.9 Å². The van der Waals surface area contributed by atoms with Crippen LogP contribution in [0.25, 0.3) is 11.3 Å². The van der Waals surface area contributed by atoms with Crippen LogP contribution in [0, 0.1) is 5.82 Å². The minimum atomic E-state index is -0.285. The molecule has 24 heavy (non-hydrogen) atoms. The van der Waals surface area contributed by atoms with Crippen LogP contribution in [0.5, 0.6) is 0 Å². The van der Waals surface area contributed by atoms with Gasteiger partial charge >= 0.3 is 0 Å². The molecule has 0 radical (unpaired) electrons. The number of morpholine rings is 1. The summed E-state index contributed by atoms with van der Waals surface area (Å²) in [4.78, 5) is 16.4. The number of amides is 1. The van der Waals surface area contributed by atoms with Gasteiger partial charge in [-0.1, -0.05) is 0 Å². The van der Waals surface area contributed by atoms with Crippen LogP contribution in [0.4, 0.5) is 4.39 Å². The minimum absolute atomic E-state index is 0.151. The summed E-state index contributed by atoms with van der Waals surface area (Å²) in [5.74, 6) is -0.441. The molecule has 0 spiro atoms. The second-order valence-corrected chi connectivity index (χ2v) is 5.68. The van der Waals surface area contributed by atoms with Gasteiger partial charge in [-0.2, -0.15) is 0 Å². The number of hydrogen-bond donors (Lipinski definition) is 2. The van der Waals surface area contributed by atoms with Gasteiger partial charge in [0.2, 0.25) is 0 Å². The summed E-state index contributed by atoms with van der Waals surface area (Å²) in [6, 6.07) is 9.58. The molecule has 5 nitrogen and oxygen atoms in total. The lowest BCUT2D eigenvalue weighted by Gasteiger charge is -2.23. The lowest BCUT2D eigenvalue weighted by atomic mass is 10.1. The molecule has 1 aliphatic rings. The third-order valence-corrected chi connectivity index (χ3v) is 3.92. The number of carbonyl (C=O) groups is 1. The van der Waals surface area contributed by atoms with Crippen molar-refractivity contribution in [3.8, 4) is 11.3 Å². The molecular formula is C18H20FN3O2. The van der Waals surface area contributed by atoms with Crippen LogP contribution >= 0.6 is 0 Å². The zero-order valence-electron chi connectivity index (χ0n) is 13.3. The van der Waals surface area contributed by atoms with Gasteiger partial charge in [0, 0.05) is 31.4 Å². The highest BCUT2D eigenvalue weighted by atomic mass is 19.1. The van der Waals surface area contributed by atoms with E-state index in [0.717, 1.165) is 25.1 Å². The Labute approximate surface area is 140 Å². The van der Waals surface area contributed by atoms with Gasteiger partial charge in [-0.15, -0.1) is 0 Å². The Kier molecular flexibility index (Phi) is 5.51. The third kappa shape index (κ3) is 4.37. The van der Waals surface area contributed by atoms with Crippen molar-refractivity contribution in [2.24, 2.45) is 0 Å². The van der Waals surface area contributed by atoms with Gasteiger partial charge in [0.05, 0.1) is 24.0 Å². The lowest BCUT2D eigenvalue weighted by molar-refractivity contribution is 0.0239. The zero-order chi connectivity index (χ0) is 16.8. The number of ether oxygens (including phenoxy) is 1. The van der Waals surface area contributed by atoms with E-state index in [1.807, 2.05) is 0 Å². The number of hydrogen-bond acceptors (Lipinski definition) is 4. The predicted molar refractivity (Wildman–Crippen MR) is 89.2 cm³/mol. The van der Waals surface area contributed by atoms with Crippen molar-refractivity contribution in [2.45, 2.75) is 12.5 Å². The van der Waals surface area contributed by atoms with E-state index in [4.69, 9.17) is 4.74 Å². The Hall–Kier alpha value is -2.31. The Bertz CT molecular complexity index is 668. The van der Waals surface area contributed by atoms with Crippen molar-refractivity contribution >= 4 is 5.91 Å². The van der Waals surface area contributed by atoms with E-state index in [9.17, 15) is 9.18 Å². The first-order valence-electron chi connectivity index (χ1n) is 8.05. The molecule has 3 rings (SSSR count). The van der Waals surface area contributed by atoms with Crippen molar-refractivity contribution in [1.29, 1.82) is 0 Å². The van der Waals surface area contributed by atoms with Gasteiger partial charge in [0.1, 0.15) is 5.82 Å². The molecule has 1 amide bonds. The Morgan fingerprint density at radius 3 is 2.79 bits per heavy atom. The number of halogens is 1. The normalized spacial score (nSPS) is 17.5. The minimum Gasteiger partial charge on any atom is -0.376 e. The lowest BCUT2D eigenvalue weighted by Crippen LogP contribution is -2.40. The molecule has 1 saturated heterocycles. The smallest absolute Gasteiger partial charge is 0.252 e. The Balaban J connectivity index is 1.52. The molecule has 1 aromatic heterocycles. The molecule has 2 N–H and O–H groups in total. The maximum atomic E-state index is 12.9. The second kappa shape index (κ2) is 7.99. The highest BCUT2D eigenvalue weighted by Crippen LogP contribution is 2.17. The molecule has 1 aliphatic heterocycles. The molecule has 0 saturated carbocycles. The fourth-order valence-electron chi connectivity index (χ4n) is 2.57. The molecule has 1 atom stereocenters. The average molecular weight is 329 g/mol. The molecule has 126 valence electrons. The SMILES string of the molecule is O=C(NCCC1CNCCO1)c1ccc(-c2ccc(F)cc2)nc1. The maximum absolute atomic E-state index is 12.9. The van der Waals surface area contributed by atoms with Crippen molar-refractivity contribution in [3.05, 3.63) is 54.0 Å². The van der Waals surface area contributed by atoms with E-state index in [1.54, 1.807) is 24.3 Å². The molecule has 1 aromatic carbocycles. The van der Waals surface area contributed by atoms with E-state index in [2.05, 4.69) is 15.6 Å². The number of aromatic nitrogens is 1. The van der Waals surface area contributed by atoms with Crippen LogP contribution in [0.3, 0.4) is 0 Å². The van der Waals surface area contributed by atoms with Gasteiger partial charge in [-0.05, 0) is 42.8 Å². The first kappa shape index (κ1) is 16.5. The molecule has 0 aliphatic carbocycles. The maximum Gasteiger partial charge on any atom is 0.252 e. The monoisotopic (exact) mass is 329 g/mol. The van der Waals surface area contributed by atoms with Crippen molar-refractivity contribution in [2.75, 3.05) is 26.2 Å². The Morgan fingerprint density at radius 2 is 2.12 bits per heavy atom. The number of pyridine rings is 1. The van der Waals surface area contributed by atoms with Gasteiger partial charge in [0.15, 0.2) is 0 Å². The van der Waals surface area contributed by atoms with Crippen molar-refractivity contribution in [3.63, 3.8) is 0 Å². The van der Waals surface area contributed by atoms with Crippen LogP contribution in [0.1, 0.15) is 16.8 Å². The van der Waals surface area contributed by atoms with Gasteiger partial charge in [-0.25, -0.2) is 4.39 Å². The summed E-state index contributed by atoms with van der Waals surface area (Å²) in [6.45, 7) is 2.98. The van der Waals surface area contributed by atoms with Gasteiger partial charge in [0.25, 0.3) is 5.91 Å². The largest absolute Gasteiger partial charge is 0.376 e. The fourth-order valence-corrected chi connectivity index (χ4v) is 2.57. The summed E-state index contributed by atoms with van der Waals surface area (Å²) in [5.41, 5.74) is 2.02. The molecule has 1 fully saturated rings. The number of nitrogens with zero attached hydrogens (tertiary/aromatic N) is 1. The van der Waals surface area contributed by atoms with E-state index in [1.165, 1.54) is 18.3 Å². The first-order chi connectivity index (χ1) is 11.7. The Morgan fingerprint density at radius 1 is 1.29 bits per heavy atom. The summed E-state index contributed by atoms with van der Waals surface area (Å²) in [6.07, 6.45) is 2.46. The number of carbonyl (C=O) groups excluding carboxylic acids is 1. The zero-order valence-corrected chi connectivity index (χ0v) is 13.3. The molecule has 6 heteroatoms. The van der Waals surface area contributed by atoms with Gasteiger partial charge in [-0.3, -0.25) is 9.78 Å². The summed E-state index contributed by atoms with van der Waals surface area (Å²) < 4.78 is 18.5. The van der Waals surface area contributed by atoms with E-state index in [0.29, 0.717) is 24.4 Å². The quantitative estimate of drug-likeness (QED) is 0.881. The highest BCUT2D eigenvalue weighted by Gasteiger charge is 2.13. The highest BCUT2D eigenvalue weighted by molar-refractivity contribution is 5.94. The topological polar surface area (TPSA) is 63.2 Å². The molecular weight excluding hydrogens is 309 g/mol. The first-order valence-corrected chi connectivity index (χ1v) is 8.05. The summed E-state index contributed by atoms with van der Waals surface area (Å²) in [7, 11) is 0. The number of rotatable bonds is 5. The van der Waals surface area contributed by atoms with Crippen LogP contribution < -0.4 is 10.6 Å². The van der Waals surface area contributed by atoms with E-state index >= 15 is 0 Å². The predicted octanol–water partition coefficient (Wildman–Crippen LogP) is 2.00. The average Bonchev–Trinajstić information content (AvgIpc) is 2.63. The van der Waals surface area contributed by atoms with Crippen LogP contribution in [0.2, 0.25) is 0 Å². The van der Waals surface area contributed by atoms with Gasteiger partial charge < -0.3 is 15.4 Å². The van der Waals surface area contributed by atoms with E-state index < -0.39 is 0 Å². The van der Waals surface area contributed by atoms with Crippen LogP contribution in [0.15, 0.2) is 42.6 Å². The molecule has 1 unspecified atom stereocenters. The number of benzene rings is 1. The molecule has 2 heterocycles. The van der Waals surface area contributed by atoms with E-state index in [-0.39, 0.29) is 17.8 Å². The molecule has 0 bridgehead atoms. The van der Waals surface area contributed by atoms with Crippen LogP contribution in [-0.4, -0.2) is 43.2 Å². The third-order valence-electron chi connectivity index (χ3n) is 3.92. The fraction of sp³-hybridized carbons (Fsp3) is 0.333. The van der Waals surface area contributed by atoms with Crippen LogP contribution in [-0.2, 0) is 4.74 Å². The number of nitrogens with one attached hydrogen (secondary N) is 2. The summed E-state index contributed by atoms with van der Waals surface area (Å²) >= 11 is 0. The molecule has 2 aromatic rings.